The molecular weight excluding hydrogens is 250 g/mol. The Morgan fingerprint density at radius 2 is 2.20 bits per heavy atom. The van der Waals surface area contributed by atoms with E-state index in [2.05, 4.69) is 41.6 Å². The van der Waals surface area contributed by atoms with Crippen LogP contribution in [-0.2, 0) is 6.42 Å². The monoisotopic (exact) mass is 271 g/mol. The zero-order chi connectivity index (χ0) is 13.9. The second-order valence-corrected chi connectivity index (χ2v) is 5.48. The van der Waals surface area contributed by atoms with Crippen LogP contribution in [-0.4, -0.2) is 25.0 Å². The Hall–Kier alpha value is -1.97. The first-order valence-electron chi connectivity index (χ1n) is 7.26. The molecule has 1 aromatic carbocycles. The molecule has 0 unspecified atom stereocenters. The Morgan fingerprint density at radius 1 is 1.30 bits per heavy atom. The highest BCUT2D eigenvalue weighted by atomic mass is 16.5. The number of fused-ring (bicyclic) bond motifs is 1. The Balaban J connectivity index is 1.76. The van der Waals surface area contributed by atoms with Gasteiger partial charge in [-0.1, -0.05) is 6.08 Å². The van der Waals surface area contributed by atoms with Crippen LogP contribution in [0.1, 0.15) is 25.8 Å². The quantitative estimate of drug-likeness (QED) is 0.888. The van der Waals surface area contributed by atoms with E-state index < -0.39 is 0 Å². The molecule has 106 valence electrons. The molecule has 1 aromatic rings. The molecule has 0 atom stereocenters. The van der Waals surface area contributed by atoms with Crippen molar-refractivity contribution in [1.82, 2.24) is 5.32 Å². The summed E-state index contributed by atoms with van der Waals surface area (Å²) >= 11 is 0. The third kappa shape index (κ3) is 2.79. The van der Waals surface area contributed by atoms with E-state index in [0.717, 1.165) is 49.0 Å². The van der Waals surface area contributed by atoms with Gasteiger partial charge in [-0.2, -0.15) is 0 Å². The molecule has 4 heteroatoms. The number of hydrogen-bond donors (Lipinski definition) is 2. The van der Waals surface area contributed by atoms with Crippen molar-refractivity contribution in [2.75, 3.05) is 18.5 Å². The molecule has 2 aliphatic heterocycles. The smallest absolute Gasteiger partial charge is 0.148 e. The lowest BCUT2D eigenvalue weighted by Gasteiger charge is -2.20. The SMILES string of the molecule is CC(C)NC1=CCCN=C1Nc1ccc2c(c1)CCO2. The summed E-state index contributed by atoms with van der Waals surface area (Å²) in [7, 11) is 0. The largest absolute Gasteiger partial charge is 0.493 e. The molecule has 0 bridgehead atoms. The van der Waals surface area contributed by atoms with E-state index in [-0.39, 0.29) is 0 Å². The van der Waals surface area contributed by atoms with Gasteiger partial charge in [-0.15, -0.1) is 0 Å². The number of amidine groups is 1. The Kier molecular flexibility index (Phi) is 3.63. The van der Waals surface area contributed by atoms with E-state index in [1.807, 2.05) is 12.1 Å². The second kappa shape index (κ2) is 5.57. The molecule has 0 amide bonds. The van der Waals surface area contributed by atoms with Crippen LogP contribution in [0.25, 0.3) is 0 Å². The average Bonchev–Trinajstić information content (AvgIpc) is 2.88. The van der Waals surface area contributed by atoms with Gasteiger partial charge >= 0.3 is 0 Å². The maximum absolute atomic E-state index is 5.54. The Morgan fingerprint density at radius 3 is 3.05 bits per heavy atom. The molecule has 20 heavy (non-hydrogen) atoms. The van der Waals surface area contributed by atoms with Gasteiger partial charge in [-0.25, -0.2) is 0 Å². The summed E-state index contributed by atoms with van der Waals surface area (Å²) in [6.07, 6.45) is 4.20. The lowest BCUT2D eigenvalue weighted by molar-refractivity contribution is 0.357. The number of benzene rings is 1. The fourth-order valence-corrected chi connectivity index (χ4v) is 2.51. The molecular formula is C16H21N3O. The van der Waals surface area contributed by atoms with Gasteiger partial charge in [-0.05, 0) is 44.0 Å². The predicted octanol–water partition coefficient (Wildman–Crippen LogP) is 2.72. The Bertz CT molecular complexity index is 561. The Labute approximate surface area is 119 Å². The molecule has 0 radical (unpaired) electrons. The zero-order valence-electron chi connectivity index (χ0n) is 12.1. The first-order chi connectivity index (χ1) is 9.72. The van der Waals surface area contributed by atoms with E-state index in [1.54, 1.807) is 0 Å². The third-order valence-corrected chi connectivity index (χ3v) is 3.40. The molecule has 2 aliphatic rings. The molecule has 0 spiro atoms. The van der Waals surface area contributed by atoms with Gasteiger partial charge in [0.2, 0.25) is 0 Å². The van der Waals surface area contributed by atoms with Crippen molar-refractivity contribution in [3.63, 3.8) is 0 Å². The van der Waals surface area contributed by atoms with Gasteiger partial charge in [0, 0.05) is 24.7 Å². The summed E-state index contributed by atoms with van der Waals surface area (Å²) in [5.41, 5.74) is 3.45. The van der Waals surface area contributed by atoms with Crippen molar-refractivity contribution in [2.24, 2.45) is 4.99 Å². The molecule has 4 nitrogen and oxygen atoms in total. The van der Waals surface area contributed by atoms with Gasteiger partial charge < -0.3 is 15.4 Å². The normalized spacial score (nSPS) is 17.1. The summed E-state index contributed by atoms with van der Waals surface area (Å²) < 4.78 is 5.54. The molecule has 2 heterocycles. The maximum atomic E-state index is 5.54. The number of ether oxygens (including phenoxy) is 1. The van der Waals surface area contributed by atoms with Crippen LogP contribution in [0.3, 0.4) is 0 Å². The highest BCUT2D eigenvalue weighted by Crippen LogP contribution is 2.28. The molecule has 0 fully saturated rings. The van der Waals surface area contributed by atoms with Crippen molar-refractivity contribution in [3.05, 3.63) is 35.5 Å². The molecule has 0 aromatic heterocycles. The first kappa shape index (κ1) is 13.0. The number of nitrogens with one attached hydrogen (secondary N) is 2. The number of nitrogens with zero attached hydrogens (tertiary/aromatic N) is 1. The zero-order valence-corrected chi connectivity index (χ0v) is 12.1. The lowest BCUT2D eigenvalue weighted by Crippen LogP contribution is -2.32. The standard InChI is InChI=1S/C16H21N3O/c1-11(2)18-14-4-3-8-17-16(14)19-13-5-6-15-12(10-13)7-9-20-15/h4-6,10-11,18H,3,7-9H2,1-2H3,(H,17,19). The van der Waals surface area contributed by atoms with Crippen LogP contribution >= 0.6 is 0 Å². The van der Waals surface area contributed by atoms with Gasteiger partial charge in [0.25, 0.3) is 0 Å². The fourth-order valence-electron chi connectivity index (χ4n) is 2.51. The molecule has 0 aliphatic carbocycles. The van der Waals surface area contributed by atoms with Crippen LogP contribution in [0.2, 0.25) is 0 Å². The van der Waals surface area contributed by atoms with Crippen LogP contribution < -0.4 is 15.4 Å². The predicted molar refractivity (Wildman–Crippen MR) is 82.5 cm³/mol. The van der Waals surface area contributed by atoms with Gasteiger partial charge in [0.05, 0.1) is 12.3 Å². The van der Waals surface area contributed by atoms with Crippen molar-refractivity contribution < 1.29 is 4.74 Å². The summed E-state index contributed by atoms with van der Waals surface area (Å²) in [5.74, 6) is 1.95. The summed E-state index contributed by atoms with van der Waals surface area (Å²) in [6, 6.07) is 6.65. The van der Waals surface area contributed by atoms with Crippen molar-refractivity contribution in [1.29, 1.82) is 0 Å². The minimum Gasteiger partial charge on any atom is -0.493 e. The van der Waals surface area contributed by atoms with Crippen LogP contribution in [0.5, 0.6) is 5.75 Å². The minimum absolute atomic E-state index is 0.403. The number of anilines is 1. The fraction of sp³-hybridized carbons (Fsp3) is 0.438. The van der Waals surface area contributed by atoms with Crippen LogP contribution in [0.15, 0.2) is 35.0 Å². The second-order valence-electron chi connectivity index (χ2n) is 5.48. The average molecular weight is 271 g/mol. The van der Waals surface area contributed by atoms with E-state index in [9.17, 15) is 0 Å². The van der Waals surface area contributed by atoms with E-state index in [0.29, 0.717) is 6.04 Å². The molecule has 0 saturated carbocycles. The lowest BCUT2D eigenvalue weighted by atomic mass is 10.1. The highest BCUT2D eigenvalue weighted by molar-refractivity contribution is 6.08. The van der Waals surface area contributed by atoms with Crippen molar-refractivity contribution >= 4 is 11.5 Å². The van der Waals surface area contributed by atoms with Crippen molar-refractivity contribution in [2.45, 2.75) is 32.7 Å². The number of dihydropyridines is 1. The molecule has 0 saturated heterocycles. The summed E-state index contributed by atoms with van der Waals surface area (Å²) in [6.45, 7) is 5.92. The number of rotatable bonds is 3. The minimum atomic E-state index is 0.403. The van der Waals surface area contributed by atoms with Gasteiger partial charge in [0.15, 0.2) is 0 Å². The van der Waals surface area contributed by atoms with E-state index >= 15 is 0 Å². The molecule has 2 N–H and O–H groups in total. The van der Waals surface area contributed by atoms with Crippen molar-refractivity contribution in [3.8, 4) is 5.75 Å². The van der Waals surface area contributed by atoms with Gasteiger partial charge in [-0.3, -0.25) is 4.99 Å². The first-order valence-corrected chi connectivity index (χ1v) is 7.26. The third-order valence-electron chi connectivity index (χ3n) is 3.40. The van der Waals surface area contributed by atoms with Crippen LogP contribution in [0.4, 0.5) is 5.69 Å². The van der Waals surface area contributed by atoms with Gasteiger partial charge in [0.1, 0.15) is 11.6 Å². The van der Waals surface area contributed by atoms with E-state index in [1.165, 1.54) is 5.56 Å². The number of hydrogen-bond acceptors (Lipinski definition) is 4. The van der Waals surface area contributed by atoms with E-state index in [4.69, 9.17) is 4.74 Å². The number of aliphatic imine (C=N–C) groups is 1. The van der Waals surface area contributed by atoms with Crippen LogP contribution in [0, 0.1) is 0 Å². The highest BCUT2D eigenvalue weighted by Gasteiger charge is 2.15. The summed E-state index contributed by atoms with van der Waals surface area (Å²) in [5, 5.41) is 6.88. The summed E-state index contributed by atoms with van der Waals surface area (Å²) in [4.78, 5) is 4.60. The topological polar surface area (TPSA) is 45.7 Å². The maximum Gasteiger partial charge on any atom is 0.148 e. The molecule has 3 rings (SSSR count).